The number of piperidine rings is 1. The quantitative estimate of drug-likeness (QED) is 0.754. The molecule has 0 bridgehead atoms. The van der Waals surface area contributed by atoms with Crippen molar-refractivity contribution in [1.82, 2.24) is 15.6 Å². The number of carbonyl (C=O) groups excluding carboxylic acids is 1. The lowest BCUT2D eigenvalue weighted by Crippen LogP contribution is -2.61. The van der Waals surface area contributed by atoms with E-state index < -0.39 is 0 Å². The summed E-state index contributed by atoms with van der Waals surface area (Å²) in [6, 6.07) is 6.02. The summed E-state index contributed by atoms with van der Waals surface area (Å²) in [4.78, 5) is 18.3. The Morgan fingerprint density at radius 3 is 2.67 bits per heavy atom. The number of thiophene rings is 1. The van der Waals surface area contributed by atoms with Gasteiger partial charge in [-0.05, 0) is 36.9 Å². The molecule has 2 aromatic rings. The maximum atomic E-state index is 12.4. The van der Waals surface area contributed by atoms with Gasteiger partial charge in [-0.15, -0.1) is 11.3 Å². The first-order valence-corrected chi connectivity index (χ1v) is 7.93. The predicted octanol–water partition coefficient (Wildman–Crippen LogP) is 2.05. The summed E-state index contributed by atoms with van der Waals surface area (Å²) in [7, 11) is 0. The molecule has 4 heterocycles. The Hall–Kier alpha value is -1.92. The van der Waals surface area contributed by atoms with Crippen molar-refractivity contribution in [3.05, 3.63) is 35.5 Å². The van der Waals surface area contributed by atoms with Crippen LogP contribution in [0.3, 0.4) is 0 Å². The third-order valence-electron chi connectivity index (χ3n) is 4.09. The summed E-state index contributed by atoms with van der Waals surface area (Å²) in [5, 5.41) is 10.0. The van der Waals surface area contributed by atoms with E-state index in [0.29, 0.717) is 0 Å². The topological polar surface area (TPSA) is 66.1 Å². The highest BCUT2D eigenvalue weighted by molar-refractivity contribution is 7.18. The highest BCUT2D eigenvalue weighted by Crippen LogP contribution is 2.39. The average Bonchev–Trinajstić information content (AvgIpc) is 2.93. The Morgan fingerprint density at radius 1 is 1.14 bits per heavy atom. The highest BCUT2D eigenvalue weighted by atomic mass is 32.1. The minimum atomic E-state index is -0.286. The van der Waals surface area contributed by atoms with Crippen molar-refractivity contribution in [1.29, 1.82) is 0 Å². The Balaban J connectivity index is 1.71. The first kappa shape index (κ1) is 12.8. The van der Waals surface area contributed by atoms with Crippen LogP contribution in [0, 0.1) is 0 Å². The second-order valence-corrected chi connectivity index (χ2v) is 6.55. The highest BCUT2D eigenvalue weighted by Gasteiger charge is 2.39. The fourth-order valence-electron chi connectivity index (χ4n) is 2.98. The van der Waals surface area contributed by atoms with E-state index in [1.54, 1.807) is 12.4 Å². The molecule has 5 nitrogen and oxygen atoms in total. The van der Waals surface area contributed by atoms with Crippen LogP contribution in [0.2, 0.25) is 0 Å². The summed E-state index contributed by atoms with van der Waals surface area (Å²) in [6.45, 7) is 1.84. The number of hydrogen-bond donors (Lipinski definition) is 3. The zero-order valence-electron chi connectivity index (χ0n) is 11.5. The van der Waals surface area contributed by atoms with Gasteiger partial charge in [0, 0.05) is 30.1 Å². The number of carbonyl (C=O) groups is 1. The van der Waals surface area contributed by atoms with E-state index >= 15 is 0 Å². The van der Waals surface area contributed by atoms with Gasteiger partial charge in [0.25, 0.3) is 5.91 Å². The van der Waals surface area contributed by atoms with Crippen LogP contribution in [-0.4, -0.2) is 29.6 Å². The molecule has 1 fully saturated rings. The first-order valence-electron chi connectivity index (χ1n) is 7.11. The molecular weight excluding hydrogens is 284 g/mol. The van der Waals surface area contributed by atoms with Gasteiger partial charge < -0.3 is 16.0 Å². The maximum absolute atomic E-state index is 12.4. The van der Waals surface area contributed by atoms with Crippen molar-refractivity contribution in [3.63, 3.8) is 0 Å². The summed E-state index contributed by atoms with van der Waals surface area (Å²) in [5.74, 6) is 0.0379. The van der Waals surface area contributed by atoms with Crippen LogP contribution in [0.4, 0.5) is 5.69 Å². The smallest absolute Gasteiger partial charge is 0.265 e. The first-order chi connectivity index (χ1) is 10.3. The summed E-state index contributed by atoms with van der Waals surface area (Å²) < 4.78 is 0. The number of pyridine rings is 1. The van der Waals surface area contributed by atoms with Crippen molar-refractivity contribution < 1.29 is 4.79 Å². The van der Waals surface area contributed by atoms with Gasteiger partial charge in [0.05, 0.1) is 5.69 Å². The Morgan fingerprint density at radius 2 is 1.90 bits per heavy atom. The lowest BCUT2D eigenvalue weighted by atomic mass is 9.95. The van der Waals surface area contributed by atoms with Gasteiger partial charge in [0.2, 0.25) is 0 Å². The van der Waals surface area contributed by atoms with Crippen molar-refractivity contribution in [2.24, 2.45) is 0 Å². The summed E-state index contributed by atoms with van der Waals surface area (Å²) in [6.07, 6.45) is 5.35. The molecule has 2 aliphatic heterocycles. The van der Waals surface area contributed by atoms with Crippen LogP contribution >= 0.6 is 11.3 Å². The zero-order valence-corrected chi connectivity index (χ0v) is 12.3. The number of nitrogens with one attached hydrogen (secondary N) is 3. The van der Waals surface area contributed by atoms with Crippen molar-refractivity contribution in [3.8, 4) is 10.4 Å². The molecule has 0 atom stereocenters. The van der Waals surface area contributed by atoms with E-state index in [2.05, 4.69) is 27.0 Å². The molecule has 1 amide bonds. The number of amides is 1. The van der Waals surface area contributed by atoms with E-state index in [9.17, 15) is 4.79 Å². The minimum Gasteiger partial charge on any atom is -0.361 e. The molecule has 1 saturated heterocycles. The fourth-order valence-corrected chi connectivity index (χ4v) is 3.99. The van der Waals surface area contributed by atoms with Crippen LogP contribution in [-0.2, 0) is 0 Å². The molecule has 0 saturated carbocycles. The lowest BCUT2D eigenvalue weighted by molar-refractivity contribution is 0.0886. The van der Waals surface area contributed by atoms with Crippen molar-refractivity contribution >= 4 is 22.9 Å². The fraction of sp³-hybridized carbons (Fsp3) is 0.333. The van der Waals surface area contributed by atoms with Crippen LogP contribution < -0.4 is 16.0 Å². The van der Waals surface area contributed by atoms with Gasteiger partial charge >= 0.3 is 0 Å². The molecule has 0 radical (unpaired) electrons. The second-order valence-electron chi connectivity index (χ2n) is 5.50. The van der Waals surface area contributed by atoms with E-state index in [1.807, 2.05) is 12.1 Å². The molecule has 3 N–H and O–H groups in total. The Kier molecular flexibility index (Phi) is 2.94. The van der Waals surface area contributed by atoms with Crippen LogP contribution in [0.25, 0.3) is 10.4 Å². The Labute approximate surface area is 126 Å². The van der Waals surface area contributed by atoms with Gasteiger partial charge in [-0.25, -0.2) is 0 Å². The number of rotatable bonds is 1. The van der Waals surface area contributed by atoms with E-state index in [4.69, 9.17) is 0 Å². The van der Waals surface area contributed by atoms with Crippen LogP contribution in [0.1, 0.15) is 22.5 Å². The number of anilines is 1. The lowest BCUT2D eigenvalue weighted by Gasteiger charge is -2.42. The van der Waals surface area contributed by atoms with E-state index in [1.165, 1.54) is 11.3 Å². The molecule has 6 heteroatoms. The van der Waals surface area contributed by atoms with Gasteiger partial charge in [-0.3, -0.25) is 9.78 Å². The standard InChI is InChI=1S/C15H16N4OS/c20-14-13-11(18-15(19-14)3-7-17-8-4-15)9-12(21-13)10-1-5-16-6-2-10/h1-2,5-6,9,17-18H,3-4,7-8H2,(H,19,20). The van der Waals surface area contributed by atoms with Gasteiger partial charge in [-0.1, -0.05) is 0 Å². The molecule has 2 aromatic heterocycles. The molecule has 2 aliphatic rings. The molecule has 4 rings (SSSR count). The van der Waals surface area contributed by atoms with Crippen molar-refractivity contribution in [2.75, 3.05) is 18.4 Å². The van der Waals surface area contributed by atoms with E-state index in [-0.39, 0.29) is 11.6 Å². The molecule has 1 spiro atoms. The van der Waals surface area contributed by atoms with Crippen LogP contribution in [0.15, 0.2) is 30.6 Å². The zero-order chi connectivity index (χ0) is 14.3. The molecule has 108 valence electrons. The largest absolute Gasteiger partial charge is 0.361 e. The van der Waals surface area contributed by atoms with Crippen LogP contribution in [0.5, 0.6) is 0 Å². The minimum absolute atomic E-state index is 0.0379. The molecule has 0 aromatic carbocycles. The number of nitrogens with zero attached hydrogens (tertiary/aromatic N) is 1. The Bertz CT molecular complexity index is 676. The van der Waals surface area contributed by atoms with Gasteiger partial charge in [-0.2, -0.15) is 0 Å². The molecule has 0 unspecified atom stereocenters. The van der Waals surface area contributed by atoms with E-state index in [0.717, 1.165) is 46.9 Å². The third-order valence-corrected chi connectivity index (χ3v) is 5.27. The second kappa shape index (κ2) is 4.82. The third kappa shape index (κ3) is 2.20. The SMILES string of the molecule is O=C1NC2(CCNCC2)Nc2cc(-c3ccncc3)sc21. The number of fused-ring (bicyclic) bond motifs is 1. The van der Waals surface area contributed by atoms with Gasteiger partial charge in [0.1, 0.15) is 10.5 Å². The predicted molar refractivity (Wildman–Crippen MR) is 83.5 cm³/mol. The maximum Gasteiger partial charge on any atom is 0.265 e. The molecular formula is C15H16N4OS. The average molecular weight is 300 g/mol. The van der Waals surface area contributed by atoms with Crippen molar-refractivity contribution in [2.45, 2.75) is 18.5 Å². The summed E-state index contributed by atoms with van der Waals surface area (Å²) >= 11 is 1.53. The number of aromatic nitrogens is 1. The normalized spacial score (nSPS) is 19.7. The monoisotopic (exact) mass is 300 g/mol. The molecule has 21 heavy (non-hydrogen) atoms. The number of hydrogen-bond acceptors (Lipinski definition) is 5. The molecule has 0 aliphatic carbocycles. The van der Waals surface area contributed by atoms with Gasteiger partial charge in [0.15, 0.2) is 0 Å². The summed E-state index contributed by atoms with van der Waals surface area (Å²) in [5.41, 5.74) is 1.77.